The van der Waals surface area contributed by atoms with Crippen LogP contribution in [0.1, 0.15) is 29.1 Å². The van der Waals surface area contributed by atoms with Crippen molar-refractivity contribution in [1.29, 1.82) is 0 Å². The van der Waals surface area contributed by atoms with Gasteiger partial charge in [-0.1, -0.05) is 24.3 Å². The average molecular weight is 524 g/mol. The predicted molar refractivity (Wildman–Crippen MR) is 139 cm³/mol. The summed E-state index contributed by atoms with van der Waals surface area (Å²) in [6, 6.07) is 15.7. The summed E-state index contributed by atoms with van der Waals surface area (Å²) in [5, 5.41) is 3.02. The lowest BCUT2D eigenvalue weighted by molar-refractivity contribution is 0.215. The number of halogens is 1. The molecule has 0 bridgehead atoms. The molecule has 7 nitrogen and oxygen atoms in total. The molecule has 34 heavy (non-hydrogen) atoms. The summed E-state index contributed by atoms with van der Waals surface area (Å²) >= 11 is 3.50. The Morgan fingerprint density at radius 3 is 2.53 bits per heavy atom. The van der Waals surface area contributed by atoms with Crippen LogP contribution in [0.5, 0.6) is 5.75 Å². The van der Waals surface area contributed by atoms with Gasteiger partial charge in [-0.2, -0.15) is 0 Å². The van der Waals surface area contributed by atoms with E-state index in [0.29, 0.717) is 13.1 Å². The van der Waals surface area contributed by atoms with E-state index in [2.05, 4.69) is 43.3 Å². The summed E-state index contributed by atoms with van der Waals surface area (Å²) < 4.78 is 6.16. The smallest absolute Gasteiger partial charge is 0.321 e. The first-order valence-electron chi connectivity index (χ1n) is 11.5. The molecule has 0 saturated carbocycles. The molecule has 1 aromatic heterocycles. The van der Waals surface area contributed by atoms with E-state index in [4.69, 9.17) is 9.72 Å². The Labute approximate surface area is 209 Å². The third kappa shape index (κ3) is 5.67. The largest absolute Gasteiger partial charge is 0.497 e. The van der Waals surface area contributed by atoms with E-state index in [1.54, 1.807) is 7.11 Å². The van der Waals surface area contributed by atoms with Gasteiger partial charge in [0.15, 0.2) is 0 Å². The van der Waals surface area contributed by atoms with Crippen LogP contribution in [0.2, 0.25) is 0 Å². The summed E-state index contributed by atoms with van der Waals surface area (Å²) in [7, 11) is 1.67. The Kier molecular flexibility index (Phi) is 7.67. The highest BCUT2D eigenvalue weighted by Crippen LogP contribution is 2.26. The van der Waals surface area contributed by atoms with E-state index in [1.165, 1.54) is 5.56 Å². The standard InChI is InChI=1S/C26H30BrN5O2/c1-18-22(17-20-9-11-21(34-3)12-10-20)25(29-19(2)28-18)31-13-6-14-32(16-15-31)26(33)30-24-8-5-4-7-23(24)27/h4-5,7-12H,6,13-17H2,1-3H3,(H,30,33). The number of urea groups is 1. The molecule has 0 radical (unpaired) electrons. The van der Waals surface area contributed by atoms with E-state index in [1.807, 2.05) is 55.1 Å². The third-order valence-corrected chi connectivity index (χ3v) is 6.73. The number of rotatable bonds is 5. The van der Waals surface area contributed by atoms with Crippen molar-refractivity contribution in [2.45, 2.75) is 26.7 Å². The molecule has 3 aromatic rings. The molecule has 0 unspecified atom stereocenters. The van der Waals surface area contributed by atoms with Crippen molar-refractivity contribution in [3.63, 3.8) is 0 Å². The number of amides is 2. The number of anilines is 2. The number of nitrogens with one attached hydrogen (secondary N) is 1. The molecule has 0 spiro atoms. The Morgan fingerprint density at radius 2 is 1.79 bits per heavy atom. The van der Waals surface area contributed by atoms with E-state index >= 15 is 0 Å². The first-order valence-corrected chi connectivity index (χ1v) is 12.3. The molecular formula is C26H30BrN5O2. The van der Waals surface area contributed by atoms with Gasteiger partial charge in [0.05, 0.1) is 12.8 Å². The van der Waals surface area contributed by atoms with E-state index in [-0.39, 0.29) is 6.03 Å². The zero-order valence-electron chi connectivity index (χ0n) is 19.8. The topological polar surface area (TPSA) is 70.6 Å². The molecule has 4 rings (SSSR count). The van der Waals surface area contributed by atoms with Gasteiger partial charge in [0, 0.05) is 48.3 Å². The lowest BCUT2D eigenvalue weighted by Crippen LogP contribution is -2.38. The van der Waals surface area contributed by atoms with Gasteiger partial charge in [-0.3, -0.25) is 0 Å². The van der Waals surface area contributed by atoms with Gasteiger partial charge in [0.1, 0.15) is 17.4 Å². The number of carbonyl (C=O) groups is 1. The number of carbonyl (C=O) groups excluding carboxylic acids is 1. The number of nitrogens with zero attached hydrogens (tertiary/aromatic N) is 4. The number of ether oxygens (including phenoxy) is 1. The second kappa shape index (κ2) is 10.9. The Bertz CT molecular complexity index is 1150. The molecule has 8 heteroatoms. The Morgan fingerprint density at radius 1 is 1.03 bits per heavy atom. The van der Waals surface area contributed by atoms with Crippen LogP contribution < -0.4 is 15.0 Å². The monoisotopic (exact) mass is 523 g/mol. The first kappa shape index (κ1) is 24.0. The van der Waals surface area contributed by atoms with Crippen LogP contribution in [-0.4, -0.2) is 54.2 Å². The van der Waals surface area contributed by atoms with Crippen LogP contribution in [0.4, 0.5) is 16.3 Å². The number of benzene rings is 2. The highest BCUT2D eigenvalue weighted by Gasteiger charge is 2.23. The maximum atomic E-state index is 12.9. The van der Waals surface area contributed by atoms with Gasteiger partial charge in [-0.15, -0.1) is 0 Å². The van der Waals surface area contributed by atoms with Crippen LogP contribution in [-0.2, 0) is 6.42 Å². The quantitative estimate of drug-likeness (QED) is 0.497. The maximum absolute atomic E-state index is 12.9. The SMILES string of the molecule is COc1ccc(Cc2c(C)nc(C)nc2N2CCCN(C(=O)Nc3ccccc3Br)CC2)cc1. The fourth-order valence-corrected chi connectivity index (χ4v) is 4.61. The minimum Gasteiger partial charge on any atom is -0.497 e. The molecule has 1 N–H and O–H groups in total. The molecule has 1 aliphatic heterocycles. The molecule has 2 aromatic carbocycles. The van der Waals surface area contributed by atoms with Gasteiger partial charge >= 0.3 is 6.03 Å². The molecule has 2 amide bonds. The number of methoxy groups -OCH3 is 1. The molecular weight excluding hydrogens is 494 g/mol. The molecule has 1 aliphatic rings. The molecule has 0 atom stereocenters. The molecule has 178 valence electrons. The second-order valence-electron chi connectivity index (χ2n) is 8.42. The number of hydrogen-bond donors (Lipinski definition) is 1. The lowest BCUT2D eigenvalue weighted by atomic mass is 10.0. The van der Waals surface area contributed by atoms with Gasteiger partial charge in [-0.25, -0.2) is 14.8 Å². The zero-order valence-corrected chi connectivity index (χ0v) is 21.4. The fraction of sp³-hybridized carbons (Fsp3) is 0.346. The Hall–Kier alpha value is -3.13. The summed E-state index contributed by atoms with van der Waals surface area (Å²) in [4.78, 5) is 26.6. The van der Waals surface area contributed by atoms with Crippen molar-refractivity contribution in [2.24, 2.45) is 0 Å². The molecule has 1 fully saturated rings. The highest BCUT2D eigenvalue weighted by molar-refractivity contribution is 9.10. The predicted octanol–water partition coefficient (Wildman–Crippen LogP) is 5.20. The van der Waals surface area contributed by atoms with Crippen molar-refractivity contribution in [3.05, 3.63) is 75.6 Å². The van der Waals surface area contributed by atoms with Crippen molar-refractivity contribution >= 4 is 33.5 Å². The van der Waals surface area contributed by atoms with Crippen molar-refractivity contribution in [1.82, 2.24) is 14.9 Å². The Balaban J connectivity index is 1.50. The zero-order chi connectivity index (χ0) is 24.1. The van der Waals surface area contributed by atoms with Crippen molar-refractivity contribution in [2.75, 3.05) is 43.5 Å². The number of aromatic nitrogens is 2. The van der Waals surface area contributed by atoms with E-state index in [9.17, 15) is 4.79 Å². The van der Waals surface area contributed by atoms with E-state index < -0.39 is 0 Å². The van der Waals surface area contributed by atoms with Crippen LogP contribution in [0.25, 0.3) is 0 Å². The lowest BCUT2D eigenvalue weighted by Gasteiger charge is -2.26. The maximum Gasteiger partial charge on any atom is 0.321 e. The molecule has 2 heterocycles. The highest BCUT2D eigenvalue weighted by atomic mass is 79.9. The minimum absolute atomic E-state index is 0.0812. The van der Waals surface area contributed by atoms with Crippen LogP contribution >= 0.6 is 15.9 Å². The summed E-state index contributed by atoms with van der Waals surface area (Å²) in [6.45, 7) is 6.86. The van der Waals surface area contributed by atoms with Crippen molar-refractivity contribution in [3.8, 4) is 5.75 Å². The number of hydrogen-bond acceptors (Lipinski definition) is 5. The number of aryl methyl sites for hydroxylation is 2. The summed E-state index contributed by atoms with van der Waals surface area (Å²) in [5.41, 5.74) is 4.08. The van der Waals surface area contributed by atoms with Crippen LogP contribution in [0.15, 0.2) is 53.0 Å². The summed E-state index contributed by atoms with van der Waals surface area (Å²) in [6.07, 6.45) is 1.61. The van der Waals surface area contributed by atoms with Gasteiger partial charge in [0.2, 0.25) is 0 Å². The molecule has 0 aliphatic carbocycles. The normalized spacial score (nSPS) is 14.0. The van der Waals surface area contributed by atoms with Crippen molar-refractivity contribution < 1.29 is 9.53 Å². The van der Waals surface area contributed by atoms with Crippen LogP contribution in [0, 0.1) is 13.8 Å². The summed E-state index contributed by atoms with van der Waals surface area (Å²) in [5.74, 6) is 2.57. The third-order valence-electron chi connectivity index (χ3n) is 6.04. The second-order valence-corrected chi connectivity index (χ2v) is 9.28. The fourth-order valence-electron chi connectivity index (χ4n) is 4.22. The number of para-hydroxylation sites is 1. The first-order chi connectivity index (χ1) is 16.4. The van der Waals surface area contributed by atoms with E-state index in [0.717, 1.165) is 64.7 Å². The van der Waals surface area contributed by atoms with Crippen LogP contribution in [0.3, 0.4) is 0 Å². The van der Waals surface area contributed by atoms with Gasteiger partial charge < -0.3 is 19.9 Å². The average Bonchev–Trinajstić information content (AvgIpc) is 3.09. The van der Waals surface area contributed by atoms with Gasteiger partial charge in [-0.05, 0) is 66.0 Å². The minimum atomic E-state index is -0.0812. The van der Waals surface area contributed by atoms with Gasteiger partial charge in [0.25, 0.3) is 0 Å². The molecule has 1 saturated heterocycles.